The summed E-state index contributed by atoms with van der Waals surface area (Å²) in [4.78, 5) is 33.4. The van der Waals surface area contributed by atoms with Gasteiger partial charge in [-0.3, -0.25) is 0 Å². The number of carbonyl (C=O) groups excluding carboxylic acids is 2. The second-order valence-corrected chi connectivity index (χ2v) is 8.87. The highest BCUT2D eigenvalue weighted by molar-refractivity contribution is 5.88. The lowest BCUT2D eigenvalue weighted by molar-refractivity contribution is -0.0826. The van der Waals surface area contributed by atoms with Crippen molar-refractivity contribution in [2.75, 3.05) is 0 Å². The number of fused-ring (bicyclic) bond motifs is 5. The standard InChI is InChI=1S/C21H26N4O4/c1-24-8-16(22-10-24)20(26)28-18-6-14-12-3-4-13(5-12)15(14)7-19(18)29-21(27)17-9-25(2)11-23-17/h8-15,18-19H,3-7H2,1-2H3. The minimum atomic E-state index is -0.462. The summed E-state index contributed by atoms with van der Waals surface area (Å²) in [5, 5.41) is 0. The van der Waals surface area contributed by atoms with E-state index in [0.29, 0.717) is 23.7 Å². The molecule has 2 heterocycles. The van der Waals surface area contributed by atoms with E-state index in [1.165, 1.54) is 19.3 Å². The maximum absolute atomic E-state index is 12.6. The van der Waals surface area contributed by atoms with Crippen molar-refractivity contribution in [3.05, 3.63) is 36.4 Å². The van der Waals surface area contributed by atoms with Crippen molar-refractivity contribution in [3.63, 3.8) is 0 Å². The summed E-state index contributed by atoms with van der Waals surface area (Å²) >= 11 is 0. The lowest BCUT2D eigenvalue weighted by atomic mass is 9.69. The summed E-state index contributed by atoms with van der Waals surface area (Å²) in [5.74, 6) is 1.62. The van der Waals surface area contributed by atoms with Gasteiger partial charge >= 0.3 is 11.9 Å². The first kappa shape index (κ1) is 18.4. The average Bonchev–Trinajstić information content (AvgIpc) is 3.46. The Morgan fingerprint density at radius 1 is 0.828 bits per heavy atom. The van der Waals surface area contributed by atoms with Crippen LogP contribution in [0, 0.1) is 23.7 Å². The predicted molar refractivity (Wildman–Crippen MR) is 102 cm³/mol. The van der Waals surface area contributed by atoms with Crippen LogP contribution in [0.15, 0.2) is 25.0 Å². The maximum Gasteiger partial charge on any atom is 0.358 e. The monoisotopic (exact) mass is 398 g/mol. The van der Waals surface area contributed by atoms with Gasteiger partial charge in [-0.25, -0.2) is 19.6 Å². The Morgan fingerprint density at radius 2 is 1.28 bits per heavy atom. The molecule has 6 unspecified atom stereocenters. The average molecular weight is 398 g/mol. The second kappa shape index (κ2) is 7.00. The smallest absolute Gasteiger partial charge is 0.358 e. The molecule has 2 bridgehead atoms. The molecule has 2 aromatic heterocycles. The Kier molecular flexibility index (Phi) is 4.44. The van der Waals surface area contributed by atoms with Gasteiger partial charge in [-0.1, -0.05) is 0 Å². The first-order valence-corrected chi connectivity index (χ1v) is 10.4. The third-order valence-electron chi connectivity index (χ3n) is 7.04. The number of rotatable bonds is 4. The van der Waals surface area contributed by atoms with Crippen LogP contribution < -0.4 is 0 Å². The summed E-state index contributed by atoms with van der Waals surface area (Å²) < 4.78 is 15.1. The summed E-state index contributed by atoms with van der Waals surface area (Å²) in [6.07, 6.45) is 10.8. The number of nitrogens with zero attached hydrogens (tertiary/aromatic N) is 4. The molecule has 3 aliphatic rings. The summed E-state index contributed by atoms with van der Waals surface area (Å²) in [6.45, 7) is 0. The van der Waals surface area contributed by atoms with Gasteiger partial charge in [0.2, 0.25) is 0 Å². The molecular formula is C21H26N4O4. The number of aromatic nitrogens is 4. The molecule has 0 aliphatic heterocycles. The van der Waals surface area contributed by atoms with Crippen molar-refractivity contribution in [2.45, 2.75) is 44.3 Å². The molecule has 3 saturated carbocycles. The second-order valence-electron chi connectivity index (χ2n) is 8.87. The zero-order valence-electron chi connectivity index (χ0n) is 16.7. The zero-order chi connectivity index (χ0) is 20.1. The van der Waals surface area contributed by atoms with E-state index in [1.807, 2.05) is 14.1 Å². The Morgan fingerprint density at radius 3 is 1.66 bits per heavy atom. The van der Waals surface area contributed by atoms with E-state index in [4.69, 9.17) is 9.47 Å². The number of carbonyl (C=O) groups is 2. The molecular weight excluding hydrogens is 372 g/mol. The van der Waals surface area contributed by atoms with Crippen molar-refractivity contribution in [3.8, 4) is 0 Å². The number of esters is 2. The first-order chi connectivity index (χ1) is 14.0. The van der Waals surface area contributed by atoms with Crippen LogP contribution in [0.25, 0.3) is 0 Å². The SMILES string of the molecule is Cn1cnc(C(=O)OC2CC3C4CCC(C4)C3CC2OC(=O)c2cn(C)cn2)c1. The fraction of sp³-hybridized carbons (Fsp3) is 0.619. The molecule has 3 aliphatic carbocycles. The molecule has 5 rings (SSSR count). The van der Waals surface area contributed by atoms with Gasteiger partial charge in [-0.15, -0.1) is 0 Å². The maximum atomic E-state index is 12.6. The van der Waals surface area contributed by atoms with E-state index in [9.17, 15) is 9.59 Å². The van der Waals surface area contributed by atoms with Gasteiger partial charge in [0.05, 0.1) is 12.7 Å². The van der Waals surface area contributed by atoms with Crippen LogP contribution in [0.3, 0.4) is 0 Å². The molecule has 3 fully saturated rings. The number of ether oxygens (including phenoxy) is 2. The summed E-state index contributed by atoms with van der Waals surface area (Å²) in [7, 11) is 3.61. The molecule has 0 radical (unpaired) electrons. The predicted octanol–water partition coefficient (Wildman–Crippen LogP) is 2.36. The largest absolute Gasteiger partial charge is 0.454 e. The van der Waals surface area contributed by atoms with Gasteiger partial charge < -0.3 is 18.6 Å². The minimum Gasteiger partial charge on any atom is -0.454 e. The molecule has 8 heteroatoms. The molecule has 29 heavy (non-hydrogen) atoms. The summed E-state index contributed by atoms with van der Waals surface area (Å²) in [5.41, 5.74) is 0.551. The van der Waals surface area contributed by atoms with Crippen LogP contribution in [0.4, 0.5) is 0 Å². The first-order valence-electron chi connectivity index (χ1n) is 10.4. The Hall–Kier alpha value is -2.64. The van der Waals surface area contributed by atoms with Gasteiger partial charge in [0.15, 0.2) is 11.4 Å². The van der Waals surface area contributed by atoms with Crippen molar-refractivity contribution in [1.29, 1.82) is 0 Å². The van der Waals surface area contributed by atoms with E-state index < -0.39 is 24.1 Å². The third-order valence-corrected chi connectivity index (χ3v) is 7.04. The van der Waals surface area contributed by atoms with Gasteiger partial charge in [0.25, 0.3) is 0 Å². The van der Waals surface area contributed by atoms with Crippen LogP contribution in [-0.4, -0.2) is 43.2 Å². The van der Waals surface area contributed by atoms with Crippen molar-refractivity contribution in [1.82, 2.24) is 19.1 Å². The van der Waals surface area contributed by atoms with E-state index in [-0.39, 0.29) is 11.4 Å². The molecule has 8 nitrogen and oxygen atoms in total. The van der Waals surface area contributed by atoms with Gasteiger partial charge in [-0.2, -0.15) is 0 Å². The number of imidazole rings is 2. The molecule has 6 atom stereocenters. The molecule has 0 amide bonds. The molecule has 154 valence electrons. The summed E-state index contributed by atoms with van der Waals surface area (Å²) in [6, 6.07) is 0. The van der Waals surface area contributed by atoms with E-state index in [0.717, 1.165) is 12.8 Å². The molecule has 0 saturated heterocycles. The van der Waals surface area contributed by atoms with E-state index in [2.05, 4.69) is 9.97 Å². The molecule has 0 spiro atoms. The van der Waals surface area contributed by atoms with Crippen LogP contribution in [0.5, 0.6) is 0 Å². The van der Waals surface area contributed by atoms with Gasteiger partial charge in [0.1, 0.15) is 12.2 Å². The van der Waals surface area contributed by atoms with E-state index in [1.54, 1.807) is 34.2 Å². The quantitative estimate of drug-likeness (QED) is 0.735. The normalized spacial score (nSPS) is 32.8. The van der Waals surface area contributed by atoms with Crippen LogP contribution >= 0.6 is 0 Å². The van der Waals surface area contributed by atoms with Crippen molar-refractivity contribution >= 4 is 11.9 Å². The highest BCUT2D eigenvalue weighted by atomic mass is 16.6. The number of hydrogen-bond donors (Lipinski definition) is 0. The Labute approximate surface area is 169 Å². The zero-order valence-corrected chi connectivity index (χ0v) is 16.7. The lowest BCUT2D eigenvalue weighted by Crippen LogP contribution is -2.45. The highest BCUT2D eigenvalue weighted by Gasteiger charge is 2.53. The van der Waals surface area contributed by atoms with Crippen LogP contribution in [-0.2, 0) is 23.6 Å². The molecule has 0 N–H and O–H groups in total. The van der Waals surface area contributed by atoms with Crippen LogP contribution in [0.1, 0.15) is 53.1 Å². The Balaban J connectivity index is 1.35. The number of aryl methyl sites for hydroxylation is 2. The number of hydrogen-bond acceptors (Lipinski definition) is 6. The minimum absolute atomic E-state index is 0.275. The van der Waals surface area contributed by atoms with Crippen molar-refractivity contribution in [2.24, 2.45) is 37.8 Å². The van der Waals surface area contributed by atoms with Crippen LogP contribution in [0.2, 0.25) is 0 Å². The fourth-order valence-electron chi connectivity index (χ4n) is 5.78. The Bertz CT molecular complexity index is 861. The topological polar surface area (TPSA) is 88.2 Å². The third kappa shape index (κ3) is 3.34. The molecule has 2 aromatic rings. The lowest BCUT2D eigenvalue weighted by Gasteiger charge is -2.42. The fourth-order valence-corrected chi connectivity index (χ4v) is 5.78. The molecule has 0 aromatic carbocycles. The van der Waals surface area contributed by atoms with Crippen molar-refractivity contribution < 1.29 is 19.1 Å². The van der Waals surface area contributed by atoms with E-state index >= 15 is 0 Å². The highest BCUT2D eigenvalue weighted by Crippen LogP contribution is 2.58. The van der Waals surface area contributed by atoms with Gasteiger partial charge in [-0.05, 0) is 55.8 Å². The van der Waals surface area contributed by atoms with Gasteiger partial charge in [0, 0.05) is 26.5 Å².